The Kier molecular flexibility index (Phi) is 4.66. The average molecular weight is 396 g/mol. The van der Waals surface area contributed by atoms with Gasteiger partial charge in [-0.2, -0.15) is 0 Å². The fourth-order valence-corrected chi connectivity index (χ4v) is 3.70. The molecule has 3 N–H and O–H groups in total. The van der Waals surface area contributed by atoms with Crippen molar-refractivity contribution in [2.75, 3.05) is 19.6 Å². The van der Waals surface area contributed by atoms with Gasteiger partial charge in [-0.3, -0.25) is 10.1 Å². The van der Waals surface area contributed by atoms with Crippen LogP contribution in [-0.4, -0.2) is 71.7 Å². The predicted octanol–water partition coefficient (Wildman–Crippen LogP) is 0.387. The van der Waals surface area contributed by atoms with E-state index in [2.05, 4.69) is 5.32 Å². The number of halogens is 2. The maximum absolute atomic E-state index is 13.2. The maximum atomic E-state index is 13.2. The summed E-state index contributed by atoms with van der Waals surface area (Å²) >= 11 is 0. The van der Waals surface area contributed by atoms with Crippen molar-refractivity contribution in [3.8, 4) is 11.5 Å². The van der Waals surface area contributed by atoms with E-state index in [4.69, 9.17) is 9.39 Å². The molecular formula is C17H19BF2N2O6. The molecule has 11 heteroatoms. The first kappa shape index (κ1) is 18.9. The average Bonchev–Trinajstić information content (AvgIpc) is 2.96. The van der Waals surface area contributed by atoms with Crippen LogP contribution in [0.25, 0.3) is 0 Å². The molecule has 0 radical (unpaired) electrons. The van der Waals surface area contributed by atoms with Crippen molar-refractivity contribution < 1.29 is 37.9 Å². The first-order chi connectivity index (χ1) is 13.2. The van der Waals surface area contributed by atoms with Crippen LogP contribution in [-0.2, 0) is 11.2 Å². The molecule has 0 spiro atoms. The van der Waals surface area contributed by atoms with E-state index in [0.717, 1.165) is 0 Å². The van der Waals surface area contributed by atoms with Gasteiger partial charge in [0.25, 0.3) is 5.92 Å². The fourth-order valence-electron chi connectivity index (χ4n) is 3.70. The van der Waals surface area contributed by atoms with Crippen LogP contribution in [0.15, 0.2) is 12.1 Å². The Bertz CT molecular complexity index is 817. The highest BCUT2D eigenvalue weighted by molar-refractivity contribution is 6.44. The lowest BCUT2D eigenvalue weighted by Crippen LogP contribution is -2.59. The zero-order valence-corrected chi connectivity index (χ0v) is 14.9. The normalized spacial score (nSPS) is 23.6. The van der Waals surface area contributed by atoms with E-state index in [1.165, 1.54) is 11.0 Å². The number of aryl methyl sites for hydroxylation is 1. The number of carbonyl (C=O) groups is 2. The molecule has 0 bridgehead atoms. The Morgan fingerprint density at radius 1 is 1.36 bits per heavy atom. The minimum Gasteiger partial charge on any atom is -0.535 e. The third-order valence-electron chi connectivity index (χ3n) is 5.19. The first-order valence-corrected chi connectivity index (χ1v) is 9.04. The molecule has 0 aliphatic carbocycles. The van der Waals surface area contributed by atoms with Crippen LogP contribution in [0.1, 0.15) is 22.3 Å². The van der Waals surface area contributed by atoms with Crippen LogP contribution in [0.5, 0.6) is 11.5 Å². The second kappa shape index (κ2) is 6.89. The quantitative estimate of drug-likeness (QED) is 0.632. The van der Waals surface area contributed by atoms with E-state index in [1.54, 1.807) is 6.07 Å². The molecule has 3 aliphatic heterocycles. The molecule has 4 rings (SSSR count). The van der Waals surface area contributed by atoms with Crippen LogP contribution in [0.2, 0.25) is 6.32 Å². The number of carboxylic acid groups (broad SMARTS) is 1. The number of hydrogen-bond donors (Lipinski definition) is 3. The summed E-state index contributed by atoms with van der Waals surface area (Å²) in [5.74, 6) is -4.36. The van der Waals surface area contributed by atoms with Gasteiger partial charge in [-0.05, 0) is 24.4 Å². The molecular weight excluding hydrogens is 377 g/mol. The molecule has 1 amide bonds. The molecule has 3 aliphatic rings. The van der Waals surface area contributed by atoms with Gasteiger partial charge in [0.05, 0.1) is 25.7 Å². The summed E-state index contributed by atoms with van der Waals surface area (Å²) in [5, 5.41) is 21.8. The van der Waals surface area contributed by atoms with Crippen LogP contribution in [0.4, 0.5) is 8.78 Å². The van der Waals surface area contributed by atoms with E-state index in [9.17, 15) is 28.5 Å². The van der Waals surface area contributed by atoms with Crippen molar-refractivity contribution >= 4 is 19.0 Å². The van der Waals surface area contributed by atoms with Crippen LogP contribution < -0.4 is 14.7 Å². The van der Waals surface area contributed by atoms with Gasteiger partial charge < -0.3 is 24.4 Å². The molecule has 1 aromatic carbocycles. The number of rotatable bonds is 4. The second-order valence-corrected chi connectivity index (χ2v) is 7.32. The van der Waals surface area contributed by atoms with Gasteiger partial charge in [0.2, 0.25) is 5.91 Å². The number of amides is 1. The van der Waals surface area contributed by atoms with Crippen LogP contribution >= 0.6 is 0 Å². The van der Waals surface area contributed by atoms with Gasteiger partial charge in [0, 0.05) is 6.42 Å². The standard InChI is InChI=1S/C17H19BF2N2O6/c19-17(20)5-11(21-8-17)15(23)22-6-10(7-22)27-12-2-1-9-3-4-18(26)28-14(9)13(12)16(24)25/h1-2,10-11,21,26H,3-8H2,(H,24,25)/t11-/m0/s1. The smallest absolute Gasteiger partial charge is 0.522 e. The molecule has 28 heavy (non-hydrogen) atoms. The Morgan fingerprint density at radius 3 is 2.75 bits per heavy atom. The monoisotopic (exact) mass is 396 g/mol. The number of nitrogens with one attached hydrogen (secondary N) is 1. The lowest BCUT2D eigenvalue weighted by molar-refractivity contribution is -0.142. The van der Waals surface area contributed by atoms with Crippen molar-refractivity contribution in [1.29, 1.82) is 0 Å². The molecule has 3 heterocycles. The topological polar surface area (TPSA) is 108 Å². The third-order valence-corrected chi connectivity index (χ3v) is 5.19. The van der Waals surface area contributed by atoms with E-state index < -0.39 is 50.0 Å². The van der Waals surface area contributed by atoms with Gasteiger partial charge >= 0.3 is 13.1 Å². The molecule has 0 saturated carbocycles. The van der Waals surface area contributed by atoms with Crippen molar-refractivity contribution in [3.63, 3.8) is 0 Å². The highest BCUT2D eigenvalue weighted by Gasteiger charge is 2.46. The Labute approximate surface area is 159 Å². The van der Waals surface area contributed by atoms with E-state index in [1.807, 2.05) is 0 Å². The van der Waals surface area contributed by atoms with Gasteiger partial charge in [-0.25, -0.2) is 13.6 Å². The number of alkyl halides is 2. The van der Waals surface area contributed by atoms with Gasteiger partial charge in [-0.1, -0.05) is 6.07 Å². The molecule has 150 valence electrons. The van der Waals surface area contributed by atoms with E-state index in [0.29, 0.717) is 18.3 Å². The lowest BCUT2D eigenvalue weighted by Gasteiger charge is -2.40. The van der Waals surface area contributed by atoms with Crippen LogP contribution in [0, 0.1) is 0 Å². The van der Waals surface area contributed by atoms with Crippen molar-refractivity contribution in [2.45, 2.75) is 37.2 Å². The third kappa shape index (κ3) is 3.51. The first-order valence-electron chi connectivity index (χ1n) is 9.04. The largest absolute Gasteiger partial charge is 0.535 e. The van der Waals surface area contributed by atoms with Crippen molar-refractivity contribution in [3.05, 3.63) is 23.3 Å². The summed E-state index contributed by atoms with van der Waals surface area (Å²) in [6, 6.07) is 2.31. The fraction of sp³-hybridized carbons (Fsp3) is 0.529. The minimum atomic E-state index is -2.88. The highest BCUT2D eigenvalue weighted by Crippen LogP contribution is 2.37. The molecule has 2 fully saturated rings. The van der Waals surface area contributed by atoms with Crippen LogP contribution in [0.3, 0.4) is 0 Å². The number of aromatic carboxylic acids is 1. The molecule has 0 aromatic heterocycles. The lowest BCUT2D eigenvalue weighted by atomic mass is 9.78. The van der Waals surface area contributed by atoms with Crippen molar-refractivity contribution in [2.24, 2.45) is 0 Å². The Balaban J connectivity index is 1.42. The number of benzene rings is 1. The molecule has 1 atom stereocenters. The number of ether oxygens (including phenoxy) is 1. The zero-order chi connectivity index (χ0) is 20.1. The molecule has 2 saturated heterocycles. The summed E-state index contributed by atoms with van der Waals surface area (Å²) in [6.45, 7) is -0.148. The Morgan fingerprint density at radius 2 is 2.11 bits per heavy atom. The highest BCUT2D eigenvalue weighted by atomic mass is 19.3. The van der Waals surface area contributed by atoms with Gasteiger partial charge in [0.15, 0.2) is 0 Å². The number of nitrogens with zero attached hydrogens (tertiary/aromatic N) is 1. The summed E-state index contributed by atoms with van der Waals surface area (Å²) in [7, 11) is -1.07. The van der Waals surface area contributed by atoms with Crippen molar-refractivity contribution in [1.82, 2.24) is 10.2 Å². The van der Waals surface area contributed by atoms with E-state index >= 15 is 0 Å². The molecule has 0 unspecified atom stereocenters. The minimum absolute atomic E-state index is 0.0861. The van der Waals surface area contributed by atoms with Gasteiger partial charge in [0.1, 0.15) is 23.2 Å². The van der Waals surface area contributed by atoms with E-state index in [-0.39, 0.29) is 30.2 Å². The molecule has 1 aromatic rings. The number of fused-ring (bicyclic) bond motifs is 1. The Hall–Kier alpha value is -2.40. The molecule has 8 nitrogen and oxygen atoms in total. The second-order valence-electron chi connectivity index (χ2n) is 7.32. The summed E-state index contributed by atoms with van der Waals surface area (Å²) in [6.07, 6.45) is -0.112. The zero-order valence-electron chi connectivity index (χ0n) is 14.9. The number of likely N-dealkylation sites (tertiary alicyclic amines) is 1. The summed E-state index contributed by atoms with van der Waals surface area (Å²) in [5.41, 5.74) is 0.506. The van der Waals surface area contributed by atoms with Gasteiger partial charge in [-0.15, -0.1) is 0 Å². The summed E-state index contributed by atoms with van der Waals surface area (Å²) < 4.78 is 37.5. The predicted molar refractivity (Wildman–Crippen MR) is 92.9 cm³/mol. The number of carbonyl (C=O) groups excluding carboxylic acids is 1. The maximum Gasteiger partial charge on any atom is 0.522 e. The number of carboxylic acids is 1. The summed E-state index contributed by atoms with van der Waals surface area (Å²) in [4.78, 5) is 25.4. The SMILES string of the molecule is O=C(O)c1c(OC2CN(C(=O)[C@@H]3CC(F)(F)CN3)C2)ccc2c1OB(O)CC2. The number of hydrogen-bond acceptors (Lipinski definition) is 6.